The number of amides is 1. The lowest BCUT2D eigenvalue weighted by atomic mass is 9.76. The molecule has 1 saturated heterocycles. The minimum absolute atomic E-state index is 0.00156. The van der Waals surface area contributed by atoms with Gasteiger partial charge < -0.3 is 19.5 Å². The fourth-order valence-corrected chi connectivity index (χ4v) is 4.55. The molecule has 1 N–H and O–H groups in total. The van der Waals surface area contributed by atoms with E-state index in [1.54, 1.807) is 23.0 Å². The highest BCUT2D eigenvalue weighted by Crippen LogP contribution is 2.39. The first-order chi connectivity index (χ1) is 17.3. The zero-order chi connectivity index (χ0) is 25.4. The quantitative estimate of drug-likeness (QED) is 0.526. The average Bonchev–Trinajstić information content (AvgIpc) is 3.40. The fourth-order valence-electron chi connectivity index (χ4n) is 4.55. The van der Waals surface area contributed by atoms with Crippen LogP contribution < -0.4 is 14.8 Å². The Morgan fingerprint density at radius 1 is 1.31 bits per heavy atom. The van der Waals surface area contributed by atoms with Gasteiger partial charge in [0.15, 0.2) is 0 Å². The Bertz CT molecular complexity index is 1350. The van der Waals surface area contributed by atoms with Crippen molar-refractivity contribution < 1.29 is 32.2 Å². The average molecular weight is 500 g/mol. The van der Waals surface area contributed by atoms with E-state index < -0.39 is 35.9 Å². The maximum atomic E-state index is 13.3. The number of pyridine rings is 1. The molecule has 3 heterocycles. The number of carbonyl (C=O) groups excluding carboxylic acids is 1. The molecule has 1 saturated carbocycles. The number of nitrogens with zero attached hydrogens (tertiary/aromatic N) is 3. The van der Waals surface area contributed by atoms with Gasteiger partial charge in [0, 0.05) is 31.4 Å². The summed E-state index contributed by atoms with van der Waals surface area (Å²) in [6.45, 7) is -2.20. The van der Waals surface area contributed by atoms with Crippen LogP contribution in [0.1, 0.15) is 35.2 Å². The van der Waals surface area contributed by atoms with Gasteiger partial charge in [-0.2, -0.15) is 19.1 Å². The van der Waals surface area contributed by atoms with Crippen LogP contribution >= 0.6 is 0 Å². The van der Waals surface area contributed by atoms with Gasteiger partial charge in [0.1, 0.15) is 23.2 Å². The van der Waals surface area contributed by atoms with Gasteiger partial charge in [0.05, 0.1) is 36.3 Å². The molecule has 8 nitrogen and oxygen atoms in total. The van der Waals surface area contributed by atoms with E-state index in [0.29, 0.717) is 42.7 Å². The van der Waals surface area contributed by atoms with Gasteiger partial charge in [-0.25, -0.2) is 8.91 Å². The number of halogens is 3. The molecule has 0 radical (unpaired) electrons. The Labute approximate surface area is 204 Å². The van der Waals surface area contributed by atoms with Crippen molar-refractivity contribution in [1.29, 1.82) is 5.26 Å². The fraction of sp³-hybridized carbons (Fsp3) is 0.400. The zero-order valence-electron chi connectivity index (χ0n) is 19.3. The summed E-state index contributed by atoms with van der Waals surface area (Å²) in [5.74, 6) is -1.16. The molecular weight excluding hydrogens is 477 g/mol. The second kappa shape index (κ2) is 9.35. The molecular formula is C25H23F3N4O4. The van der Waals surface area contributed by atoms with E-state index in [-0.39, 0.29) is 17.7 Å². The number of aromatic nitrogens is 2. The Morgan fingerprint density at radius 2 is 2.03 bits per heavy atom. The smallest absolute Gasteiger partial charge is 0.387 e. The van der Waals surface area contributed by atoms with Crippen molar-refractivity contribution in [2.45, 2.75) is 43.5 Å². The van der Waals surface area contributed by atoms with Crippen LogP contribution in [0.2, 0.25) is 0 Å². The molecule has 36 heavy (non-hydrogen) atoms. The van der Waals surface area contributed by atoms with E-state index in [1.165, 1.54) is 19.2 Å². The predicted octanol–water partition coefficient (Wildman–Crippen LogP) is 4.02. The summed E-state index contributed by atoms with van der Waals surface area (Å²) in [5, 5.41) is 16.7. The highest BCUT2D eigenvalue weighted by atomic mass is 19.3. The minimum atomic E-state index is -3.19. The Morgan fingerprint density at radius 3 is 2.67 bits per heavy atom. The molecule has 0 bridgehead atoms. The Hall–Kier alpha value is -3.78. The van der Waals surface area contributed by atoms with Crippen molar-refractivity contribution in [2.24, 2.45) is 0 Å². The van der Waals surface area contributed by atoms with Crippen molar-refractivity contribution >= 4 is 11.4 Å². The number of hydrogen-bond acceptors (Lipinski definition) is 6. The standard InChI is InChI=1S/C25H23F3N4O4/c1-34-20-8-14(9-21(36-24(27)28)22(20)23(33)31-18-10-17(18)26)16-11-30-32-12-15(2-3-19(16)32)25(13-29)4-6-35-7-5-25/h2-3,8-9,11-12,17-18,24H,4-7,10H2,1H3,(H,31,33)/t17-,18+/m0/s1. The van der Waals surface area contributed by atoms with Crippen LogP contribution in [-0.2, 0) is 10.2 Å². The van der Waals surface area contributed by atoms with Crippen LogP contribution in [0.4, 0.5) is 13.2 Å². The lowest BCUT2D eigenvalue weighted by molar-refractivity contribution is -0.0502. The lowest BCUT2D eigenvalue weighted by Crippen LogP contribution is -2.32. The van der Waals surface area contributed by atoms with E-state index in [1.807, 2.05) is 6.07 Å². The Balaban J connectivity index is 1.55. The maximum absolute atomic E-state index is 13.3. The van der Waals surface area contributed by atoms with Gasteiger partial charge >= 0.3 is 6.61 Å². The van der Waals surface area contributed by atoms with Crippen molar-refractivity contribution in [3.8, 4) is 28.7 Å². The first-order valence-electron chi connectivity index (χ1n) is 11.4. The second-order valence-corrected chi connectivity index (χ2v) is 8.87. The number of rotatable bonds is 7. The monoisotopic (exact) mass is 500 g/mol. The third-order valence-corrected chi connectivity index (χ3v) is 6.70. The van der Waals surface area contributed by atoms with Gasteiger partial charge in [0.2, 0.25) is 0 Å². The first kappa shape index (κ1) is 23.9. The molecule has 1 amide bonds. The summed E-state index contributed by atoms with van der Waals surface area (Å²) < 4.78 is 56.9. The highest BCUT2D eigenvalue weighted by molar-refractivity contribution is 6.01. The summed E-state index contributed by atoms with van der Waals surface area (Å²) in [7, 11) is 1.30. The normalized spacial score (nSPS) is 20.7. The molecule has 1 aromatic carbocycles. The number of carbonyl (C=O) groups is 1. The molecule has 2 aliphatic rings. The van der Waals surface area contributed by atoms with Crippen LogP contribution in [0.5, 0.6) is 11.5 Å². The third kappa shape index (κ3) is 4.33. The van der Waals surface area contributed by atoms with Gasteiger partial charge in [0.25, 0.3) is 5.91 Å². The lowest BCUT2D eigenvalue weighted by Gasteiger charge is -2.30. The summed E-state index contributed by atoms with van der Waals surface area (Å²) in [4.78, 5) is 12.7. The highest BCUT2D eigenvalue weighted by Gasteiger charge is 2.40. The molecule has 1 aliphatic carbocycles. The van der Waals surface area contributed by atoms with E-state index in [2.05, 4.69) is 21.2 Å². The number of nitriles is 1. The molecule has 0 spiro atoms. The molecule has 2 fully saturated rings. The van der Waals surface area contributed by atoms with Crippen molar-refractivity contribution in [3.63, 3.8) is 0 Å². The van der Waals surface area contributed by atoms with Crippen LogP contribution in [0, 0.1) is 11.3 Å². The molecule has 5 rings (SSSR count). The molecule has 2 aromatic heterocycles. The summed E-state index contributed by atoms with van der Waals surface area (Å²) in [6, 6.07) is 8.26. The topological polar surface area (TPSA) is 97.9 Å². The van der Waals surface area contributed by atoms with Crippen molar-refractivity contribution in [1.82, 2.24) is 14.9 Å². The first-order valence-corrected chi connectivity index (χ1v) is 11.4. The number of nitrogens with one attached hydrogen (secondary N) is 1. The number of alkyl halides is 3. The van der Waals surface area contributed by atoms with Crippen molar-refractivity contribution in [3.05, 3.63) is 47.8 Å². The van der Waals surface area contributed by atoms with Crippen LogP contribution in [-0.4, -0.2) is 54.7 Å². The van der Waals surface area contributed by atoms with Gasteiger partial charge in [-0.3, -0.25) is 4.79 Å². The summed E-state index contributed by atoms with van der Waals surface area (Å²) >= 11 is 0. The third-order valence-electron chi connectivity index (χ3n) is 6.70. The molecule has 11 heteroatoms. The second-order valence-electron chi connectivity index (χ2n) is 8.87. The van der Waals surface area contributed by atoms with Crippen molar-refractivity contribution in [2.75, 3.05) is 20.3 Å². The number of benzene rings is 1. The van der Waals surface area contributed by atoms with E-state index in [4.69, 9.17) is 9.47 Å². The van der Waals surface area contributed by atoms with Gasteiger partial charge in [-0.1, -0.05) is 6.07 Å². The zero-order valence-corrected chi connectivity index (χ0v) is 19.3. The van der Waals surface area contributed by atoms with E-state index in [9.17, 15) is 23.2 Å². The van der Waals surface area contributed by atoms with Gasteiger partial charge in [-0.05, 0) is 42.2 Å². The van der Waals surface area contributed by atoms with Crippen LogP contribution in [0.3, 0.4) is 0 Å². The molecule has 0 unspecified atom stereocenters. The Kier molecular flexibility index (Phi) is 6.22. The van der Waals surface area contributed by atoms with Gasteiger partial charge in [-0.15, -0.1) is 0 Å². The van der Waals surface area contributed by atoms with Crippen LogP contribution in [0.15, 0.2) is 36.7 Å². The number of ether oxygens (including phenoxy) is 3. The molecule has 2 atom stereocenters. The van der Waals surface area contributed by atoms with E-state index >= 15 is 0 Å². The summed E-state index contributed by atoms with van der Waals surface area (Å²) in [5.41, 5.74) is 1.56. The van der Waals surface area contributed by atoms with Crippen LogP contribution in [0.25, 0.3) is 16.6 Å². The molecule has 1 aliphatic heterocycles. The number of hydrogen-bond donors (Lipinski definition) is 1. The maximum Gasteiger partial charge on any atom is 0.387 e. The SMILES string of the molecule is COc1cc(-c2cnn3cc(C4(C#N)CCOCC4)ccc23)cc(OC(F)F)c1C(=O)N[C@@H]1C[C@@H]1F. The molecule has 3 aromatic rings. The predicted molar refractivity (Wildman–Crippen MR) is 122 cm³/mol. The summed E-state index contributed by atoms with van der Waals surface area (Å²) in [6.07, 6.45) is 3.49. The van der Waals surface area contributed by atoms with E-state index in [0.717, 1.165) is 5.56 Å². The molecule has 188 valence electrons. The minimum Gasteiger partial charge on any atom is -0.496 e. The number of fused-ring (bicyclic) bond motifs is 1. The largest absolute Gasteiger partial charge is 0.496 e. The number of methoxy groups -OCH3 is 1.